The van der Waals surface area contributed by atoms with Crippen molar-refractivity contribution < 1.29 is 24.0 Å². The van der Waals surface area contributed by atoms with Crippen molar-refractivity contribution in [2.24, 2.45) is 11.8 Å². The summed E-state index contributed by atoms with van der Waals surface area (Å²) in [4.78, 5) is 9.56. The maximum Gasteiger partial charge on any atom is 0.200 e. The van der Waals surface area contributed by atoms with Crippen molar-refractivity contribution >= 4 is 7.37 Å². The topological polar surface area (TPSA) is 76.0 Å². The van der Waals surface area contributed by atoms with Crippen molar-refractivity contribution in [3.8, 4) is 11.5 Å². The van der Waals surface area contributed by atoms with Gasteiger partial charge in [0.05, 0.1) is 26.0 Å². The Kier molecular flexibility index (Phi) is 6.56. The van der Waals surface area contributed by atoms with Crippen LogP contribution in [0.4, 0.5) is 0 Å². The molecule has 2 aromatic rings. The second-order valence-corrected chi connectivity index (χ2v) is 13.5. The molecule has 4 aliphatic carbocycles. The first-order chi connectivity index (χ1) is 16.2. The van der Waals surface area contributed by atoms with Crippen LogP contribution >= 0.6 is 7.37 Å². The highest BCUT2D eigenvalue weighted by Gasteiger charge is 2.58. The summed E-state index contributed by atoms with van der Waals surface area (Å²) in [6, 6.07) is 14.1. The van der Waals surface area contributed by atoms with Crippen LogP contribution in [0.3, 0.4) is 0 Å². The zero-order valence-corrected chi connectivity index (χ0v) is 21.2. The Morgan fingerprint density at radius 1 is 1.06 bits per heavy atom. The van der Waals surface area contributed by atoms with E-state index in [1.54, 1.807) is 24.8 Å². The molecule has 0 radical (unpaired) electrons. The lowest BCUT2D eigenvalue weighted by molar-refractivity contribution is -0.0285. The van der Waals surface area contributed by atoms with Crippen molar-refractivity contribution in [2.75, 3.05) is 26.5 Å². The summed E-state index contributed by atoms with van der Waals surface area (Å²) in [5.41, 5.74) is 4.20. The Bertz CT molecular complexity index is 1050. The lowest BCUT2D eigenvalue weighted by atomic mass is 9.41. The Morgan fingerprint density at radius 3 is 2.41 bits per heavy atom. The van der Waals surface area contributed by atoms with Gasteiger partial charge in [-0.2, -0.15) is 0 Å². The molecule has 0 heterocycles. The van der Waals surface area contributed by atoms with E-state index in [4.69, 9.17) is 9.47 Å². The summed E-state index contributed by atoms with van der Waals surface area (Å²) in [6.45, 7) is 1.94. The maximum atomic E-state index is 11.6. The molecule has 6 heteroatoms. The van der Waals surface area contributed by atoms with E-state index < -0.39 is 13.5 Å². The second-order valence-electron chi connectivity index (χ2n) is 11.1. The molecule has 0 aliphatic heterocycles. The predicted octanol–water partition coefficient (Wildman–Crippen LogP) is 6.03. The Balaban J connectivity index is 1.18. The van der Waals surface area contributed by atoms with E-state index in [0.717, 1.165) is 24.5 Å². The van der Waals surface area contributed by atoms with E-state index in [1.165, 1.54) is 44.3 Å². The van der Waals surface area contributed by atoms with E-state index >= 15 is 0 Å². The standard InChI is InChI=1S/C28H37O5P/c1-32-23-10-11-26(28-14-20(15-28)16-28)25(13-23)21-8-6-19(7-9-21)17-33-24-5-3-4-22(12-24)27(29)18-34(2,30)31/h3-5,10-13,19-21,27,29H,6-9,14-18H2,1-2H3,(H,30,31)/t19?,20?,21?,27-,28?/m1/s1. The minimum atomic E-state index is -3.29. The van der Waals surface area contributed by atoms with Crippen molar-refractivity contribution in [1.82, 2.24) is 0 Å². The first kappa shape index (κ1) is 23.9. The molecule has 0 saturated heterocycles. The largest absolute Gasteiger partial charge is 0.497 e. The van der Waals surface area contributed by atoms with Crippen LogP contribution in [0.2, 0.25) is 0 Å². The highest BCUT2D eigenvalue weighted by molar-refractivity contribution is 7.57. The molecule has 2 N–H and O–H groups in total. The normalized spacial score (nSPS) is 30.4. The number of hydrogen-bond donors (Lipinski definition) is 2. The molecule has 2 bridgehead atoms. The van der Waals surface area contributed by atoms with Crippen LogP contribution in [-0.2, 0) is 9.98 Å². The summed E-state index contributed by atoms with van der Waals surface area (Å²) in [5.74, 6) is 3.76. The Labute approximate surface area is 203 Å². The van der Waals surface area contributed by atoms with E-state index in [0.29, 0.717) is 35.2 Å². The van der Waals surface area contributed by atoms with Crippen LogP contribution in [-0.4, -0.2) is 36.5 Å². The summed E-state index contributed by atoms with van der Waals surface area (Å²) < 4.78 is 23.3. The van der Waals surface area contributed by atoms with Gasteiger partial charge in [-0.05, 0) is 109 Å². The molecule has 6 rings (SSSR count). The average molecular weight is 485 g/mol. The number of aliphatic hydroxyl groups is 1. The molecule has 2 aromatic carbocycles. The fraction of sp³-hybridized carbons (Fsp3) is 0.571. The number of hydrogen-bond acceptors (Lipinski definition) is 4. The first-order valence-electron chi connectivity index (χ1n) is 12.6. The van der Waals surface area contributed by atoms with Crippen molar-refractivity contribution in [3.05, 3.63) is 59.2 Å². The highest BCUT2D eigenvalue weighted by Crippen LogP contribution is 2.66. The van der Waals surface area contributed by atoms with Gasteiger partial charge in [-0.15, -0.1) is 0 Å². The smallest absolute Gasteiger partial charge is 0.200 e. The van der Waals surface area contributed by atoms with Gasteiger partial charge in [-0.25, -0.2) is 0 Å². The van der Waals surface area contributed by atoms with E-state index in [1.807, 2.05) is 12.1 Å². The zero-order valence-electron chi connectivity index (χ0n) is 20.3. The Morgan fingerprint density at radius 2 is 1.79 bits per heavy atom. The summed E-state index contributed by atoms with van der Waals surface area (Å²) in [6.07, 6.45) is 7.65. The number of rotatable bonds is 9. The monoisotopic (exact) mass is 484 g/mol. The van der Waals surface area contributed by atoms with Gasteiger partial charge in [0, 0.05) is 6.66 Å². The molecule has 34 heavy (non-hydrogen) atoms. The SMILES string of the molecule is COc1ccc(C23CC(C2)C3)c(C2CCC(COc3cccc([C@H](O)CP(C)(=O)O)c3)CC2)c1. The zero-order chi connectivity index (χ0) is 23.9. The van der Waals surface area contributed by atoms with Gasteiger partial charge in [0.1, 0.15) is 11.5 Å². The fourth-order valence-corrected chi connectivity index (χ4v) is 7.24. The fourth-order valence-electron chi connectivity index (χ4n) is 6.39. The number of methoxy groups -OCH3 is 1. The van der Waals surface area contributed by atoms with Crippen molar-refractivity contribution in [1.29, 1.82) is 0 Å². The number of aliphatic hydroxyl groups excluding tert-OH is 1. The number of ether oxygens (including phenoxy) is 2. The van der Waals surface area contributed by atoms with Gasteiger partial charge in [0.25, 0.3) is 0 Å². The average Bonchev–Trinajstić information content (AvgIpc) is 2.75. The summed E-state index contributed by atoms with van der Waals surface area (Å²) in [5, 5.41) is 10.3. The van der Waals surface area contributed by atoms with Crippen molar-refractivity contribution in [2.45, 2.75) is 62.4 Å². The molecule has 5 nitrogen and oxygen atoms in total. The first-order valence-corrected chi connectivity index (χ1v) is 14.9. The second kappa shape index (κ2) is 9.33. The minimum Gasteiger partial charge on any atom is -0.497 e. The molecular weight excluding hydrogens is 447 g/mol. The quantitative estimate of drug-likeness (QED) is 0.425. The molecule has 2 atom stereocenters. The Hall–Kier alpha value is -1.81. The molecule has 0 aromatic heterocycles. The van der Waals surface area contributed by atoms with Crippen LogP contribution in [0.15, 0.2) is 42.5 Å². The lowest BCUT2D eigenvalue weighted by Gasteiger charge is -2.63. The number of benzene rings is 2. The lowest BCUT2D eigenvalue weighted by Crippen LogP contribution is -2.55. The molecule has 0 amide bonds. The highest BCUT2D eigenvalue weighted by atomic mass is 31.2. The third-order valence-corrected chi connectivity index (χ3v) is 9.42. The van der Waals surface area contributed by atoms with Gasteiger partial charge in [0.15, 0.2) is 0 Å². The molecule has 4 aliphatic rings. The maximum absolute atomic E-state index is 11.6. The van der Waals surface area contributed by atoms with Crippen LogP contribution in [0, 0.1) is 11.8 Å². The molecule has 1 unspecified atom stereocenters. The third kappa shape index (κ3) is 4.94. The molecule has 0 spiro atoms. The third-order valence-electron chi connectivity index (χ3n) is 8.40. The molecular formula is C28H37O5P. The van der Waals surface area contributed by atoms with E-state index in [2.05, 4.69) is 18.2 Å². The summed E-state index contributed by atoms with van der Waals surface area (Å²) in [7, 11) is -1.53. The van der Waals surface area contributed by atoms with Crippen LogP contribution in [0.25, 0.3) is 0 Å². The van der Waals surface area contributed by atoms with E-state index in [9.17, 15) is 14.6 Å². The van der Waals surface area contributed by atoms with Crippen LogP contribution in [0.1, 0.15) is 73.7 Å². The van der Waals surface area contributed by atoms with Gasteiger partial charge in [-0.3, -0.25) is 4.57 Å². The predicted molar refractivity (Wildman–Crippen MR) is 134 cm³/mol. The summed E-state index contributed by atoms with van der Waals surface area (Å²) >= 11 is 0. The minimum absolute atomic E-state index is 0.144. The van der Waals surface area contributed by atoms with Crippen LogP contribution < -0.4 is 9.47 Å². The molecule has 4 saturated carbocycles. The van der Waals surface area contributed by atoms with Gasteiger partial charge >= 0.3 is 0 Å². The van der Waals surface area contributed by atoms with Gasteiger partial charge in [0.2, 0.25) is 7.37 Å². The van der Waals surface area contributed by atoms with Crippen LogP contribution in [0.5, 0.6) is 11.5 Å². The molecule has 184 valence electrons. The van der Waals surface area contributed by atoms with Crippen molar-refractivity contribution in [3.63, 3.8) is 0 Å². The van der Waals surface area contributed by atoms with Gasteiger partial charge in [-0.1, -0.05) is 18.2 Å². The van der Waals surface area contributed by atoms with E-state index in [-0.39, 0.29) is 6.16 Å². The molecule has 4 fully saturated rings. The van der Waals surface area contributed by atoms with Gasteiger partial charge < -0.3 is 19.5 Å².